The first-order chi connectivity index (χ1) is 10.5. The molecule has 3 N–H and O–H groups in total. The molecule has 112 valence electrons. The molecule has 0 amide bonds. The number of aromatic hydroxyl groups is 1. The van der Waals surface area contributed by atoms with Gasteiger partial charge in [0.05, 0.1) is 0 Å². The first-order valence-electron chi connectivity index (χ1n) is 6.51. The Morgan fingerprint density at radius 2 is 1.59 bits per heavy atom. The number of phenolic OH excluding ortho intramolecular Hbond substituents is 1. The van der Waals surface area contributed by atoms with Crippen LogP contribution in [0.3, 0.4) is 0 Å². The van der Waals surface area contributed by atoms with Gasteiger partial charge in [-0.05, 0) is 29.7 Å². The smallest absolute Gasteiger partial charge is 0.298 e. The van der Waals surface area contributed by atoms with Crippen LogP contribution in [0.25, 0.3) is 10.8 Å². The van der Waals surface area contributed by atoms with Crippen molar-refractivity contribution >= 4 is 32.3 Å². The summed E-state index contributed by atoms with van der Waals surface area (Å²) in [6, 6.07) is 17.2. The molecule has 0 aliphatic carbocycles. The van der Waals surface area contributed by atoms with Crippen LogP contribution >= 0.6 is 0 Å². The van der Waals surface area contributed by atoms with Crippen LogP contribution in [0.2, 0.25) is 0 Å². The van der Waals surface area contributed by atoms with Crippen LogP contribution in [0.15, 0.2) is 65.6 Å². The van der Waals surface area contributed by atoms with E-state index in [9.17, 15) is 18.1 Å². The Morgan fingerprint density at radius 1 is 0.864 bits per heavy atom. The molecule has 0 aliphatic heterocycles. The minimum absolute atomic E-state index is 0.244. The number of hydrogen-bond acceptors (Lipinski definition) is 4. The molecule has 0 unspecified atom stereocenters. The van der Waals surface area contributed by atoms with E-state index in [-0.39, 0.29) is 5.39 Å². The summed E-state index contributed by atoms with van der Waals surface area (Å²) < 4.78 is 32.7. The monoisotopic (exact) mass is 315 g/mol. The maximum absolute atomic E-state index is 11.6. The average Bonchev–Trinajstić information content (AvgIpc) is 2.47. The van der Waals surface area contributed by atoms with Gasteiger partial charge >= 0.3 is 0 Å². The van der Waals surface area contributed by atoms with Crippen molar-refractivity contribution in [3.8, 4) is 5.75 Å². The lowest BCUT2D eigenvalue weighted by Gasteiger charge is -2.13. The lowest BCUT2D eigenvalue weighted by atomic mass is 10.1. The molecule has 0 radical (unpaired) electrons. The number of fused-ring (bicyclic) bond motifs is 1. The Morgan fingerprint density at radius 3 is 2.27 bits per heavy atom. The molecular formula is C16H13NO4S. The van der Waals surface area contributed by atoms with Gasteiger partial charge < -0.3 is 10.4 Å². The highest BCUT2D eigenvalue weighted by Gasteiger charge is 2.21. The topological polar surface area (TPSA) is 86.6 Å². The van der Waals surface area contributed by atoms with Crippen LogP contribution in [0.5, 0.6) is 5.75 Å². The van der Waals surface area contributed by atoms with Crippen LogP contribution in [-0.2, 0) is 10.1 Å². The van der Waals surface area contributed by atoms with Crippen molar-refractivity contribution in [2.24, 2.45) is 0 Å². The molecule has 0 fully saturated rings. The second kappa shape index (κ2) is 5.32. The largest absolute Gasteiger partial charge is 0.506 e. The SMILES string of the molecule is O=S(=O)(O)c1c(O)ccc2cccc(Nc3ccccc3)c12. The van der Waals surface area contributed by atoms with Gasteiger partial charge in [-0.15, -0.1) is 0 Å². The number of nitrogens with one attached hydrogen (secondary N) is 1. The van der Waals surface area contributed by atoms with Crippen LogP contribution in [0.4, 0.5) is 11.4 Å². The maximum atomic E-state index is 11.6. The summed E-state index contributed by atoms with van der Waals surface area (Å²) in [4.78, 5) is -0.496. The highest BCUT2D eigenvalue weighted by atomic mass is 32.2. The zero-order valence-electron chi connectivity index (χ0n) is 11.4. The van der Waals surface area contributed by atoms with Crippen molar-refractivity contribution in [1.82, 2.24) is 0 Å². The van der Waals surface area contributed by atoms with Gasteiger partial charge in [0.2, 0.25) is 0 Å². The fraction of sp³-hybridized carbons (Fsp3) is 0. The molecule has 0 spiro atoms. The summed E-state index contributed by atoms with van der Waals surface area (Å²) in [6.45, 7) is 0. The van der Waals surface area contributed by atoms with Gasteiger partial charge in [-0.2, -0.15) is 8.42 Å². The van der Waals surface area contributed by atoms with Gasteiger partial charge in [0.1, 0.15) is 10.6 Å². The van der Waals surface area contributed by atoms with Crippen molar-refractivity contribution < 1.29 is 18.1 Å². The number of hydrogen-bond donors (Lipinski definition) is 3. The molecule has 3 aromatic carbocycles. The molecule has 3 rings (SSSR count). The quantitative estimate of drug-likeness (QED) is 0.644. The van der Waals surface area contributed by atoms with Crippen LogP contribution < -0.4 is 5.32 Å². The molecule has 0 heterocycles. The summed E-state index contributed by atoms with van der Waals surface area (Å²) in [5, 5.41) is 13.8. The molecule has 0 saturated carbocycles. The van der Waals surface area contributed by atoms with Gasteiger partial charge in [0.25, 0.3) is 10.1 Å². The van der Waals surface area contributed by atoms with Crippen molar-refractivity contribution in [1.29, 1.82) is 0 Å². The third kappa shape index (κ3) is 2.61. The molecule has 6 heteroatoms. The molecule has 0 bridgehead atoms. The Bertz CT molecular complexity index is 937. The van der Waals surface area contributed by atoms with E-state index in [1.54, 1.807) is 24.3 Å². The lowest BCUT2D eigenvalue weighted by Crippen LogP contribution is -2.02. The number of para-hydroxylation sites is 1. The highest BCUT2D eigenvalue weighted by molar-refractivity contribution is 7.86. The Labute approximate surface area is 127 Å². The lowest BCUT2D eigenvalue weighted by molar-refractivity contribution is 0.445. The number of rotatable bonds is 3. The Kier molecular flexibility index (Phi) is 3.48. The second-order valence-electron chi connectivity index (χ2n) is 4.78. The van der Waals surface area contributed by atoms with E-state index >= 15 is 0 Å². The number of phenols is 1. The third-order valence-electron chi connectivity index (χ3n) is 3.29. The molecule has 3 aromatic rings. The molecule has 5 nitrogen and oxygen atoms in total. The second-order valence-corrected chi connectivity index (χ2v) is 6.14. The molecule has 0 atom stereocenters. The van der Waals surface area contributed by atoms with E-state index in [1.165, 1.54) is 6.07 Å². The molecule has 22 heavy (non-hydrogen) atoms. The van der Waals surface area contributed by atoms with E-state index in [2.05, 4.69) is 5.32 Å². The van der Waals surface area contributed by atoms with E-state index in [0.717, 1.165) is 5.69 Å². The van der Waals surface area contributed by atoms with Gasteiger partial charge in [0.15, 0.2) is 0 Å². The zero-order chi connectivity index (χ0) is 15.7. The molecular weight excluding hydrogens is 302 g/mol. The van der Waals surface area contributed by atoms with Gasteiger partial charge in [-0.3, -0.25) is 4.55 Å². The van der Waals surface area contributed by atoms with Crippen LogP contribution in [-0.4, -0.2) is 18.1 Å². The van der Waals surface area contributed by atoms with E-state index in [1.807, 2.05) is 30.3 Å². The predicted molar refractivity (Wildman–Crippen MR) is 85.2 cm³/mol. The van der Waals surface area contributed by atoms with Crippen molar-refractivity contribution in [2.75, 3.05) is 5.32 Å². The van der Waals surface area contributed by atoms with E-state index in [4.69, 9.17) is 0 Å². The predicted octanol–water partition coefficient (Wildman–Crippen LogP) is 3.54. The minimum atomic E-state index is -4.56. The highest BCUT2D eigenvalue weighted by Crippen LogP contribution is 2.37. The molecule has 0 aromatic heterocycles. The number of benzene rings is 3. The molecule has 0 saturated heterocycles. The van der Waals surface area contributed by atoms with Crippen LogP contribution in [0, 0.1) is 0 Å². The van der Waals surface area contributed by atoms with E-state index in [0.29, 0.717) is 11.1 Å². The first-order valence-corrected chi connectivity index (χ1v) is 7.95. The Balaban J connectivity index is 2.29. The fourth-order valence-electron chi connectivity index (χ4n) is 2.38. The maximum Gasteiger partial charge on any atom is 0.298 e. The summed E-state index contributed by atoms with van der Waals surface area (Å²) in [6.07, 6.45) is 0. The normalized spacial score (nSPS) is 11.5. The van der Waals surface area contributed by atoms with Gasteiger partial charge in [0, 0.05) is 16.8 Å². The third-order valence-corrected chi connectivity index (χ3v) is 4.22. The standard InChI is InChI=1S/C16H13NO4S/c18-14-10-9-11-5-4-8-13(15(11)16(14)22(19,20)21)17-12-6-2-1-3-7-12/h1-10,17-18H,(H,19,20,21). The summed E-state index contributed by atoms with van der Waals surface area (Å²) >= 11 is 0. The summed E-state index contributed by atoms with van der Waals surface area (Å²) in [7, 11) is -4.56. The summed E-state index contributed by atoms with van der Waals surface area (Å²) in [5.74, 6) is -0.489. The minimum Gasteiger partial charge on any atom is -0.506 e. The van der Waals surface area contributed by atoms with Crippen LogP contribution in [0.1, 0.15) is 0 Å². The van der Waals surface area contributed by atoms with Crippen molar-refractivity contribution in [2.45, 2.75) is 4.90 Å². The number of anilines is 2. The summed E-state index contributed by atoms with van der Waals surface area (Å²) in [5.41, 5.74) is 1.24. The Hall–Kier alpha value is -2.57. The van der Waals surface area contributed by atoms with E-state index < -0.39 is 20.8 Å². The van der Waals surface area contributed by atoms with Gasteiger partial charge in [-0.1, -0.05) is 36.4 Å². The van der Waals surface area contributed by atoms with Gasteiger partial charge in [-0.25, -0.2) is 0 Å². The average molecular weight is 315 g/mol. The fourth-order valence-corrected chi connectivity index (χ4v) is 3.20. The molecule has 0 aliphatic rings. The zero-order valence-corrected chi connectivity index (χ0v) is 12.2. The van der Waals surface area contributed by atoms with Crippen molar-refractivity contribution in [3.05, 3.63) is 60.7 Å². The first kappa shape index (κ1) is 14.4. The van der Waals surface area contributed by atoms with Crippen molar-refractivity contribution in [3.63, 3.8) is 0 Å².